The standard InChI is InChI=1S/C24H26FN9/c25-17-6-4-16(5-7-17)23-31-22-19(8-9-20(29-22)32-12-14-33(26)15-13-32)34(23)21-10-11-27-24(30-21)28-18-2-1-3-18/h4-11,18H,1-3,12-15,26H2,(H,27,28,30). The summed E-state index contributed by atoms with van der Waals surface area (Å²) in [5, 5.41) is 5.23. The minimum Gasteiger partial charge on any atom is -0.354 e. The van der Waals surface area contributed by atoms with Crippen molar-refractivity contribution in [1.29, 1.82) is 0 Å². The lowest BCUT2D eigenvalue weighted by atomic mass is 9.93. The molecular formula is C24H26FN9. The molecule has 3 aromatic heterocycles. The second-order valence-electron chi connectivity index (χ2n) is 8.82. The van der Waals surface area contributed by atoms with Gasteiger partial charge in [0, 0.05) is 44.0 Å². The monoisotopic (exact) mass is 459 g/mol. The van der Waals surface area contributed by atoms with Gasteiger partial charge in [0.1, 0.15) is 23.3 Å². The molecule has 0 unspecified atom stereocenters. The summed E-state index contributed by atoms with van der Waals surface area (Å²) in [6, 6.07) is 12.6. The number of benzene rings is 1. The SMILES string of the molecule is NN1CCN(c2ccc3c(n2)nc(-c2ccc(F)cc2)n3-c2ccnc(NC3CCC3)n2)CC1. The molecule has 1 aromatic carbocycles. The van der Waals surface area contributed by atoms with E-state index in [1.54, 1.807) is 18.3 Å². The van der Waals surface area contributed by atoms with Crippen molar-refractivity contribution in [1.82, 2.24) is 29.5 Å². The van der Waals surface area contributed by atoms with Crippen molar-refractivity contribution < 1.29 is 4.39 Å². The number of anilines is 2. The summed E-state index contributed by atoms with van der Waals surface area (Å²) in [6.07, 6.45) is 5.24. The Morgan fingerprint density at radius 3 is 2.41 bits per heavy atom. The lowest BCUT2D eigenvalue weighted by molar-refractivity contribution is 0.265. The molecule has 9 nitrogen and oxygen atoms in total. The van der Waals surface area contributed by atoms with Crippen LogP contribution in [0.3, 0.4) is 0 Å². The highest BCUT2D eigenvalue weighted by Gasteiger charge is 2.22. The largest absolute Gasteiger partial charge is 0.354 e. The van der Waals surface area contributed by atoms with Crippen LogP contribution < -0.4 is 16.1 Å². The van der Waals surface area contributed by atoms with Gasteiger partial charge in [0.2, 0.25) is 5.95 Å². The van der Waals surface area contributed by atoms with E-state index in [9.17, 15) is 4.39 Å². The summed E-state index contributed by atoms with van der Waals surface area (Å²) >= 11 is 0. The van der Waals surface area contributed by atoms with Crippen molar-refractivity contribution in [3.63, 3.8) is 0 Å². The second-order valence-corrected chi connectivity index (χ2v) is 8.82. The predicted octanol–water partition coefficient (Wildman–Crippen LogP) is 2.98. The maximum atomic E-state index is 13.6. The van der Waals surface area contributed by atoms with Crippen LogP contribution in [0.15, 0.2) is 48.7 Å². The Labute approximate surface area is 196 Å². The van der Waals surface area contributed by atoms with Crippen molar-refractivity contribution in [2.75, 3.05) is 36.4 Å². The number of pyridine rings is 1. The molecule has 0 amide bonds. The van der Waals surface area contributed by atoms with Gasteiger partial charge in [-0.25, -0.2) is 24.4 Å². The first-order valence-corrected chi connectivity index (χ1v) is 11.6. The molecular weight excluding hydrogens is 433 g/mol. The molecule has 10 heteroatoms. The summed E-state index contributed by atoms with van der Waals surface area (Å²) < 4.78 is 15.6. The molecule has 0 bridgehead atoms. The molecule has 2 aliphatic rings. The Morgan fingerprint density at radius 2 is 1.68 bits per heavy atom. The van der Waals surface area contributed by atoms with Gasteiger partial charge in [-0.15, -0.1) is 0 Å². The zero-order valence-electron chi connectivity index (χ0n) is 18.7. The minimum atomic E-state index is -0.292. The quantitative estimate of drug-likeness (QED) is 0.440. The maximum absolute atomic E-state index is 13.6. The number of hydrogen-bond donors (Lipinski definition) is 2. The number of nitrogens with one attached hydrogen (secondary N) is 1. The number of imidazole rings is 1. The van der Waals surface area contributed by atoms with E-state index in [0.717, 1.165) is 55.9 Å². The van der Waals surface area contributed by atoms with Crippen molar-refractivity contribution in [2.45, 2.75) is 25.3 Å². The number of nitrogens with zero attached hydrogens (tertiary/aromatic N) is 7. The van der Waals surface area contributed by atoms with Gasteiger partial charge in [-0.2, -0.15) is 4.98 Å². The van der Waals surface area contributed by atoms with E-state index in [2.05, 4.69) is 15.2 Å². The molecule has 0 atom stereocenters. The van der Waals surface area contributed by atoms with E-state index in [4.69, 9.17) is 20.8 Å². The van der Waals surface area contributed by atoms with Crippen LogP contribution in [0.5, 0.6) is 0 Å². The molecule has 174 valence electrons. The maximum Gasteiger partial charge on any atom is 0.224 e. The summed E-state index contributed by atoms with van der Waals surface area (Å²) in [5.41, 5.74) is 2.22. The van der Waals surface area contributed by atoms with Gasteiger partial charge in [-0.3, -0.25) is 10.4 Å². The number of hydrazine groups is 1. The highest BCUT2D eigenvalue weighted by Crippen LogP contribution is 2.30. The van der Waals surface area contributed by atoms with Crippen LogP contribution in [0.25, 0.3) is 28.4 Å². The first-order valence-electron chi connectivity index (χ1n) is 11.6. The highest BCUT2D eigenvalue weighted by molar-refractivity contribution is 5.81. The number of halogens is 1. The molecule has 1 saturated heterocycles. The normalized spacial score (nSPS) is 17.2. The number of aromatic nitrogens is 5. The van der Waals surface area contributed by atoms with Gasteiger partial charge >= 0.3 is 0 Å². The van der Waals surface area contributed by atoms with Crippen molar-refractivity contribution in [3.05, 3.63) is 54.5 Å². The Morgan fingerprint density at radius 1 is 0.882 bits per heavy atom. The van der Waals surface area contributed by atoms with Gasteiger partial charge in [-0.1, -0.05) is 0 Å². The first-order chi connectivity index (χ1) is 16.6. The van der Waals surface area contributed by atoms with E-state index in [0.29, 0.717) is 29.3 Å². The van der Waals surface area contributed by atoms with Gasteiger partial charge < -0.3 is 10.2 Å². The molecule has 1 aliphatic carbocycles. The van der Waals surface area contributed by atoms with Gasteiger partial charge in [0.05, 0.1) is 5.52 Å². The number of nitrogens with two attached hydrogens (primary N) is 1. The van der Waals surface area contributed by atoms with Crippen LogP contribution in [0.2, 0.25) is 0 Å². The van der Waals surface area contributed by atoms with Crippen molar-refractivity contribution in [2.24, 2.45) is 5.84 Å². The third kappa shape index (κ3) is 3.95. The van der Waals surface area contributed by atoms with Crippen LogP contribution in [0.4, 0.5) is 16.2 Å². The van der Waals surface area contributed by atoms with Crippen LogP contribution >= 0.6 is 0 Å². The fourth-order valence-electron chi connectivity index (χ4n) is 4.38. The van der Waals surface area contributed by atoms with E-state index >= 15 is 0 Å². The fraction of sp³-hybridized carbons (Fsp3) is 0.333. The summed E-state index contributed by atoms with van der Waals surface area (Å²) in [5.74, 6) is 8.42. The summed E-state index contributed by atoms with van der Waals surface area (Å²) in [7, 11) is 0. The van der Waals surface area contributed by atoms with E-state index in [1.807, 2.05) is 27.8 Å². The zero-order chi connectivity index (χ0) is 23.1. The summed E-state index contributed by atoms with van der Waals surface area (Å²) in [4.78, 5) is 21.1. The third-order valence-corrected chi connectivity index (χ3v) is 6.55. The van der Waals surface area contributed by atoms with Crippen molar-refractivity contribution in [3.8, 4) is 17.2 Å². The van der Waals surface area contributed by atoms with E-state index in [1.165, 1.54) is 18.6 Å². The third-order valence-electron chi connectivity index (χ3n) is 6.55. The molecule has 1 aliphatic heterocycles. The van der Waals surface area contributed by atoms with Gasteiger partial charge in [0.15, 0.2) is 5.65 Å². The van der Waals surface area contributed by atoms with Crippen LogP contribution in [-0.4, -0.2) is 61.7 Å². The topological polar surface area (TPSA) is 101 Å². The molecule has 3 N–H and O–H groups in total. The molecule has 2 fully saturated rings. The average Bonchev–Trinajstić information content (AvgIpc) is 3.21. The smallest absolute Gasteiger partial charge is 0.224 e. The molecule has 4 heterocycles. The number of hydrogen-bond acceptors (Lipinski definition) is 8. The second kappa shape index (κ2) is 8.62. The van der Waals surface area contributed by atoms with Crippen LogP contribution in [0, 0.1) is 5.82 Å². The molecule has 6 rings (SSSR count). The number of piperazine rings is 1. The van der Waals surface area contributed by atoms with Crippen LogP contribution in [0.1, 0.15) is 19.3 Å². The average molecular weight is 460 g/mol. The molecule has 0 radical (unpaired) electrons. The number of rotatable bonds is 5. The molecule has 34 heavy (non-hydrogen) atoms. The van der Waals surface area contributed by atoms with Crippen LogP contribution in [-0.2, 0) is 0 Å². The lowest BCUT2D eigenvalue weighted by Crippen LogP contribution is -2.49. The van der Waals surface area contributed by atoms with E-state index < -0.39 is 0 Å². The Balaban J connectivity index is 1.45. The lowest BCUT2D eigenvalue weighted by Gasteiger charge is -2.32. The summed E-state index contributed by atoms with van der Waals surface area (Å²) in [6.45, 7) is 3.19. The Kier molecular flexibility index (Phi) is 5.31. The van der Waals surface area contributed by atoms with Crippen molar-refractivity contribution >= 4 is 22.9 Å². The zero-order valence-corrected chi connectivity index (χ0v) is 18.7. The number of fused-ring (bicyclic) bond motifs is 1. The minimum absolute atomic E-state index is 0.292. The molecule has 0 spiro atoms. The Bertz CT molecular complexity index is 1310. The first kappa shape index (κ1) is 20.9. The molecule has 4 aromatic rings. The highest BCUT2D eigenvalue weighted by atomic mass is 19.1. The van der Waals surface area contributed by atoms with Gasteiger partial charge in [0.25, 0.3) is 0 Å². The van der Waals surface area contributed by atoms with Gasteiger partial charge in [-0.05, 0) is 61.7 Å². The Hall–Kier alpha value is -3.63. The fourth-order valence-corrected chi connectivity index (χ4v) is 4.38. The van der Waals surface area contributed by atoms with E-state index in [-0.39, 0.29) is 5.82 Å². The molecule has 1 saturated carbocycles. The predicted molar refractivity (Wildman–Crippen MR) is 129 cm³/mol.